The van der Waals surface area contributed by atoms with E-state index in [1.54, 1.807) is 13.8 Å². The van der Waals surface area contributed by atoms with Gasteiger partial charge in [0.25, 0.3) is 0 Å². The monoisotopic (exact) mass is 1110 g/mol. The molecule has 0 atom stereocenters. The molecule has 0 aromatic heterocycles. The third-order valence-electron chi connectivity index (χ3n) is 17.1. The van der Waals surface area contributed by atoms with Gasteiger partial charge in [-0.3, -0.25) is 28.8 Å². The zero-order valence-electron chi connectivity index (χ0n) is 50.6. The van der Waals surface area contributed by atoms with Crippen LogP contribution in [0.4, 0.5) is 0 Å². The van der Waals surface area contributed by atoms with Crippen LogP contribution in [0.15, 0.2) is 0 Å². The quantitative estimate of drug-likeness (QED) is 0.0348. The van der Waals surface area contributed by atoms with Crippen LogP contribution in [0.3, 0.4) is 0 Å². The molecule has 454 valence electrons. The summed E-state index contributed by atoms with van der Waals surface area (Å²) in [5.41, 5.74) is -1.85. The van der Waals surface area contributed by atoms with Gasteiger partial charge in [0.05, 0.1) is 23.7 Å². The molecule has 0 aliphatic heterocycles. The minimum Gasteiger partial charge on any atom is -0.465 e. The van der Waals surface area contributed by atoms with Crippen molar-refractivity contribution < 1.29 is 62.7 Å². The molecule has 4 aliphatic rings. The maximum atomic E-state index is 12.9. The molecule has 0 heterocycles. The molecule has 0 unspecified atom stereocenters. The first kappa shape index (κ1) is 70.8. The molecule has 0 bridgehead atoms. The van der Waals surface area contributed by atoms with Gasteiger partial charge >= 0.3 is 35.8 Å². The first-order valence-electron chi connectivity index (χ1n) is 30.7. The van der Waals surface area contributed by atoms with E-state index in [0.29, 0.717) is 49.4 Å². The fourth-order valence-electron chi connectivity index (χ4n) is 11.0. The molecule has 16 nitrogen and oxygen atoms in total. The third kappa shape index (κ3) is 33.4. The van der Waals surface area contributed by atoms with Gasteiger partial charge in [-0.05, 0) is 128 Å². The Balaban J connectivity index is 0.00000213. The van der Waals surface area contributed by atoms with E-state index < -0.39 is 22.8 Å². The van der Waals surface area contributed by atoms with E-state index in [2.05, 4.69) is 57.3 Å². The van der Waals surface area contributed by atoms with Crippen molar-refractivity contribution in [2.24, 2.45) is 58.2 Å². The highest BCUT2D eigenvalue weighted by Crippen LogP contribution is 2.35. The molecule has 0 aromatic rings. The Morgan fingerprint density at radius 3 is 0.846 bits per heavy atom. The summed E-state index contributed by atoms with van der Waals surface area (Å²) in [5, 5.41) is 6.19. The van der Waals surface area contributed by atoms with Gasteiger partial charge in [0, 0.05) is 38.8 Å². The van der Waals surface area contributed by atoms with Crippen LogP contribution in [0, 0.1) is 58.2 Å². The summed E-state index contributed by atoms with van der Waals surface area (Å²) in [6, 6.07) is 0. The van der Waals surface area contributed by atoms with Crippen molar-refractivity contribution >= 4 is 35.8 Å². The van der Waals surface area contributed by atoms with E-state index in [1.807, 2.05) is 7.05 Å². The van der Waals surface area contributed by atoms with Gasteiger partial charge in [0.15, 0.2) is 0 Å². The maximum absolute atomic E-state index is 12.9. The summed E-state index contributed by atoms with van der Waals surface area (Å²) in [7, 11) is 6.17. The number of nitrogens with zero attached hydrogens (tertiary/aromatic N) is 1. The van der Waals surface area contributed by atoms with Crippen molar-refractivity contribution in [3.63, 3.8) is 0 Å². The Kier molecular flexibility index (Phi) is 36.2. The van der Waals surface area contributed by atoms with E-state index >= 15 is 0 Å². The minimum absolute atomic E-state index is 0. The van der Waals surface area contributed by atoms with Gasteiger partial charge in [-0.15, -0.1) is 0 Å². The molecule has 0 radical (unpaired) electrons. The molecule has 0 spiro atoms. The predicted molar refractivity (Wildman–Crippen MR) is 306 cm³/mol. The maximum Gasteiger partial charge on any atom is 0.307 e. The van der Waals surface area contributed by atoms with Gasteiger partial charge in [0.1, 0.15) is 39.6 Å². The second kappa shape index (κ2) is 40.0. The lowest BCUT2D eigenvalue weighted by Crippen LogP contribution is -2.37. The zero-order valence-corrected chi connectivity index (χ0v) is 50.6. The van der Waals surface area contributed by atoms with Crippen LogP contribution in [0.2, 0.25) is 0 Å². The first-order chi connectivity index (χ1) is 36.7. The number of carbonyl (C=O) groups is 6. The lowest BCUT2D eigenvalue weighted by atomic mass is 9.81. The summed E-state index contributed by atoms with van der Waals surface area (Å²) >= 11 is 0. The van der Waals surface area contributed by atoms with Crippen molar-refractivity contribution in [2.75, 3.05) is 87.0 Å². The van der Waals surface area contributed by atoms with E-state index in [0.717, 1.165) is 107 Å². The predicted octanol–water partition coefficient (Wildman–Crippen LogP) is 10.4. The summed E-state index contributed by atoms with van der Waals surface area (Å²) in [5.74, 6) is 2.94. The van der Waals surface area contributed by atoms with Crippen molar-refractivity contribution in [3.05, 3.63) is 0 Å². The normalized spacial score (nSPS) is 24.8. The van der Waals surface area contributed by atoms with Crippen molar-refractivity contribution in [1.82, 2.24) is 15.5 Å². The molecule has 0 aromatic carbocycles. The molecule has 4 aliphatic carbocycles. The lowest BCUT2D eigenvalue weighted by molar-refractivity contribution is -0.163. The molecule has 0 saturated heterocycles. The Labute approximate surface area is 472 Å². The molecule has 4 saturated carbocycles. The third-order valence-corrected chi connectivity index (χ3v) is 17.1. The fraction of sp³-hybridized carbons (Fsp3) is 0.903. The van der Waals surface area contributed by atoms with Gasteiger partial charge < -0.3 is 49.4 Å². The van der Waals surface area contributed by atoms with Gasteiger partial charge in [0.2, 0.25) is 0 Å². The van der Waals surface area contributed by atoms with Crippen molar-refractivity contribution in [2.45, 2.75) is 215 Å². The molecule has 0 amide bonds. The summed E-state index contributed by atoms with van der Waals surface area (Å²) in [4.78, 5) is 79.5. The Bertz CT molecular complexity index is 1470. The molecular weight excluding hydrogens is 995 g/mol. The number of esters is 6. The van der Waals surface area contributed by atoms with Crippen LogP contribution < -0.4 is 10.6 Å². The largest absolute Gasteiger partial charge is 0.465 e. The molecule has 4 rings (SSSR count). The Morgan fingerprint density at radius 1 is 0.397 bits per heavy atom. The summed E-state index contributed by atoms with van der Waals surface area (Å²) in [6.45, 7) is 15.1. The number of hydrogen-bond donors (Lipinski definition) is 2. The summed E-state index contributed by atoms with van der Waals surface area (Å²) in [6.07, 6.45) is 24.4. The molecular formula is C62H113N3O13. The molecule has 4 N–H and O–H groups in total. The fourth-order valence-corrected chi connectivity index (χ4v) is 11.0. The van der Waals surface area contributed by atoms with Crippen LogP contribution >= 0.6 is 0 Å². The number of nitrogens with one attached hydrogen (secondary N) is 2. The number of carbonyl (C=O) groups excluding carboxylic acids is 6. The minimum atomic E-state index is -0.925. The highest BCUT2D eigenvalue weighted by atomic mass is 16.6. The van der Waals surface area contributed by atoms with Crippen molar-refractivity contribution in [1.29, 1.82) is 0 Å². The highest BCUT2D eigenvalue weighted by Gasteiger charge is 2.33. The summed E-state index contributed by atoms with van der Waals surface area (Å²) < 4.78 is 34.2. The topological polar surface area (TPSA) is 217 Å². The lowest BCUT2D eigenvalue weighted by Gasteiger charge is -2.29. The van der Waals surface area contributed by atoms with E-state index in [9.17, 15) is 28.8 Å². The number of ether oxygens (including phenoxy) is 6. The van der Waals surface area contributed by atoms with Gasteiger partial charge in [-0.1, -0.05) is 130 Å². The Morgan fingerprint density at radius 2 is 0.628 bits per heavy atom. The van der Waals surface area contributed by atoms with Crippen LogP contribution in [0.5, 0.6) is 0 Å². The second-order valence-corrected chi connectivity index (χ2v) is 25.8. The molecule has 4 fully saturated rings. The molecule has 78 heavy (non-hydrogen) atoms. The van der Waals surface area contributed by atoms with Gasteiger partial charge in [-0.2, -0.15) is 0 Å². The van der Waals surface area contributed by atoms with Gasteiger partial charge in [-0.25, -0.2) is 0 Å². The van der Waals surface area contributed by atoms with Crippen LogP contribution in [-0.2, 0) is 57.2 Å². The van der Waals surface area contributed by atoms with Crippen molar-refractivity contribution in [3.8, 4) is 0 Å². The smallest absolute Gasteiger partial charge is 0.307 e. The SMILES string of the molecule is CC1CCC(CCC(=O)OCC(C)(COC(=O)CCNCCC(=O)OCC(C)(COC(=O)CCC2CCC(C)CC2)COC(=O)CCC2CCC(C)CC2)COC(=O)CCC2CCC(C)CC2)CC1.CNCCCN(C)C.O. The average molecular weight is 1110 g/mol. The molecule has 16 heteroatoms. The van der Waals surface area contributed by atoms with E-state index in [-0.39, 0.29) is 94.9 Å². The highest BCUT2D eigenvalue weighted by molar-refractivity contribution is 5.72. The Hall–Kier alpha value is -3.34. The standard InChI is InChI=1S/C56H95NO12.C6H16N2.H2O/c1-41-7-15-45(16-8-41)23-27-49(58)64-35-55(5,36-65-50(59)28-24-46-17-9-42(2)10-18-46)39-68-53(62)31-33-57-34-32-54(63)69-40-56(6,37-66-51(60)29-25-47-19-11-43(3)12-20-47)38-67-52(61)30-26-48-21-13-44(4)14-22-48;1-7-5-4-6-8(2)3;/h41-48,57H,7-40H2,1-6H3;7H,4-6H2,1-3H3;1H2. The zero-order chi connectivity index (χ0) is 56.5. The van der Waals surface area contributed by atoms with Crippen LogP contribution in [0.25, 0.3) is 0 Å². The van der Waals surface area contributed by atoms with E-state index in [4.69, 9.17) is 28.4 Å². The van der Waals surface area contributed by atoms with E-state index in [1.165, 1.54) is 64.3 Å². The average Bonchev–Trinajstić information content (AvgIpc) is 3.41. The number of hydrogen-bond acceptors (Lipinski definition) is 15. The number of rotatable bonds is 34. The van der Waals surface area contributed by atoms with Crippen LogP contribution in [-0.4, -0.2) is 133 Å². The second-order valence-electron chi connectivity index (χ2n) is 25.8. The van der Waals surface area contributed by atoms with Crippen LogP contribution in [0.1, 0.15) is 215 Å². The first-order valence-corrected chi connectivity index (χ1v) is 30.7.